The maximum atomic E-state index is 12.2. The highest BCUT2D eigenvalue weighted by Crippen LogP contribution is 2.34. The molecule has 2 amide bonds. The predicted octanol–water partition coefficient (Wildman–Crippen LogP) is 2.92. The Hall–Kier alpha value is -3.15. The van der Waals surface area contributed by atoms with E-state index in [4.69, 9.17) is 4.74 Å². The fourth-order valence-corrected chi connectivity index (χ4v) is 3.39. The molecule has 2 aromatic carbocycles. The molecule has 3 rings (SSSR count). The third kappa shape index (κ3) is 4.39. The summed E-state index contributed by atoms with van der Waals surface area (Å²) in [5, 5.41) is 2.87. The number of para-hydroxylation sites is 1. The van der Waals surface area contributed by atoms with Gasteiger partial charge in [-0.1, -0.05) is 18.2 Å². The molecule has 0 aliphatic carbocycles. The molecule has 1 aliphatic rings. The maximum Gasteiger partial charge on any atom is 0.227 e. The maximum absolute atomic E-state index is 12.2. The number of hydrogen-bond donors (Lipinski definition) is 1. The van der Waals surface area contributed by atoms with E-state index in [9.17, 15) is 14.4 Å². The van der Waals surface area contributed by atoms with Gasteiger partial charge in [0, 0.05) is 50.0 Å². The summed E-state index contributed by atoms with van der Waals surface area (Å²) in [5.41, 5.74) is 2.50. The number of nitrogens with one attached hydrogen (secondary N) is 1. The predicted molar refractivity (Wildman–Crippen MR) is 107 cm³/mol. The van der Waals surface area contributed by atoms with Crippen LogP contribution in [0.1, 0.15) is 41.1 Å². The Kier molecular flexibility index (Phi) is 6.09. The Bertz CT molecular complexity index is 876. The third-order valence-corrected chi connectivity index (χ3v) is 5.07. The second-order valence-electron chi connectivity index (χ2n) is 6.87. The number of nitrogens with zero attached hydrogens (tertiary/aromatic N) is 1. The monoisotopic (exact) mass is 380 g/mol. The van der Waals surface area contributed by atoms with Gasteiger partial charge in [0.05, 0.1) is 7.11 Å². The minimum atomic E-state index is -0.189. The first-order valence-electron chi connectivity index (χ1n) is 9.29. The van der Waals surface area contributed by atoms with Gasteiger partial charge in [0.15, 0.2) is 5.78 Å². The van der Waals surface area contributed by atoms with Gasteiger partial charge in [-0.3, -0.25) is 14.4 Å². The normalized spacial score (nSPS) is 15.7. The van der Waals surface area contributed by atoms with Crippen molar-refractivity contribution in [1.82, 2.24) is 5.32 Å². The average Bonchev–Trinajstić information content (AvgIpc) is 2.73. The van der Waals surface area contributed by atoms with Crippen LogP contribution in [0.3, 0.4) is 0 Å². The highest BCUT2D eigenvalue weighted by molar-refractivity contribution is 5.98. The zero-order valence-electron chi connectivity index (χ0n) is 16.1. The topological polar surface area (TPSA) is 75.7 Å². The fourth-order valence-electron chi connectivity index (χ4n) is 3.39. The molecule has 0 saturated heterocycles. The fraction of sp³-hybridized carbons (Fsp3) is 0.318. The molecular formula is C22H24N2O4. The number of carbonyl (C=O) groups excluding carboxylic acids is 3. The number of methoxy groups -OCH3 is 1. The number of ether oxygens (including phenoxy) is 1. The summed E-state index contributed by atoms with van der Waals surface area (Å²) in [7, 11) is 3.33. The van der Waals surface area contributed by atoms with Crippen LogP contribution in [0, 0.1) is 0 Å². The Balaban J connectivity index is 1.52. The molecule has 6 nitrogen and oxygen atoms in total. The lowest BCUT2D eigenvalue weighted by atomic mass is 9.89. The van der Waals surface area contributed by atoms with Crippen molar-refractivity contribution in [2.75, 3.05) is 25.6 Å². The van der Waals surface area contributed by atoms with E-state index in [0.29, 0.717) is 24.3 Å². The minimum absolute atomic E-state index is 0.0348. The Morgan fingerprint density at radius 3 is 2.54 bits per heavy atom. The summed E-state index contributed by atoms with van der Waals surface area (Å²) in [5.74, 6) is 0.388. The number of ketones is 1. The van der Waals surface area contributed by atoms with Crippen molar-refractivity contribution < 1.29 is 19.1 Å². The van der Waals surface area contributed by atoms with E-state index >= 15 is 0 Å². The molecule has 28 heavy (non-hydrogen) atoms. The molecule has 0 radical (unpaired) electrons. The number of hydrogen-bond acceptors (Lipinski definition) is 4. The molecular weight excluding hydrogens is 356 g/mol. The number of benzene rings is 2. The molecule has 0 spiro atoms. The van der Waals surface area contributed by atoms with E-state index in [-0.39, 0.29) is 36.4 Å². The molecule has 0 aromatic heterocycles. The van der Waals surface area contributed by atoms with Crippen molar-refractivity contribution in [2.45, 2.75) is 25.2 Å². The molecule has 1 N–H and O–H groups in total. The van der Waals surface area contributed by atoms with Crippen molar-refractivity contribution in [3.63, 3.8) is 0 Å². The summed E-state index contributed by atoms with van der Waals surface area (Å²) in [6.45, 7) is 0.381. The van der Waals surface area contributed by atoms with Crippen molar-refractivity contribution >= 4 is 23.3 Å². The first-order chi connectivity index (χ1) is 13.5. The quantitative estimate of drug-likeness (QED) is 0.750. The Morgan fingerprint density at radius 2 is 1.82 bits per heavy atom. The van der Waals surface area contributed by atoms with Crippen LogP contribution in [0.2, 0.25) is 0 Å². The number of fused-ring (bicyclic) bond motifs is 1. The molecule has 0 bridgehead atoms. The number of rotatable bonds is 7. The van der Waals surface area contributed by atoms with E-state index in [0.717, 1.165) is 11.3 Å². The zero-order valence-corrected chi connectivity index (χ0v) is 16.1. The summed E-state index contributed by atoms with van der Waals surface area (Å²) < 4.78 is 5.07. The van der Waals surface area contributed by atoms with Crippen LogP contribution in [-0.2, 0) is 9.59 Å². The molecule has 0 saturated carbocycles. The van der Waals surface area contributed by atoms with Crippen molar-refractivity contribution in [1.29, 1.82) is 0 Å². The van der Waals surface area contributed by atoms with Crippen molar-refractivity contribution in [3.05, 3.63) is 59.7 Å². The molecule has 0 unspecified atom stereocenters. The molecule has 1 aliphatic heterocycles. The Morgan fingerprint density at radius 1 is 1.11 bits per heavy atom. The van der Waals surface area contributed by atoms with E-state index in [1.165, 1.54) is 0 Å². The van der Waals surface area contributed by atoms with Crippen LogP contribution in [-0.4, -0.2) is 38.3 Å². The smallest absolute Gasteiger partial charge is 0.227 e. The number of anilines is 1. The number of Topliss-reactive ketones (excluding diaryl/α,β-unsaturated/α-hetero) is 1. The van der Waals surface area contributed by atoms with Crippen LogP contribution < -0.4 is 15.0 Å². The lowest BCUT2D eigenvalue weighted by Crippen LogP contribution is -2.37. The molecule has 0 fully saturated rings. The number of carbonyl (C=O) groups is 3. The second-order valence-corrected chi connectivity index (χ2v) is 6.87. The highest BCUT2D eigenvalue weighted by atomic mass is 16.5. The minimum Gasteiger partial charge on any atom is -0.497 e. The zero-order chi connectivity index (χ0) is 20.1. The summed E-state index contributed by atoms with van der Waals surface area (Å²) in [4.78, 5) is 38.3. The van der Waals surface area contributed by atoms with Gasteiger partial charge in [0.25, 0.3) is 0 Å². The highest BCUT2D eigenvalue weighted by Gasteiger charge is 2.28. The van der Waals surface area contributed by atoms with E-state index < -0.39 is 0 Å². The summed E-state index contributed by atoms with van der Waals surface area (Å²) in [6.07, 6.45) is 0.618. The van der Waals surface area contributed by atoms with E-state index in [2.05, 4.69) is 5.32 Å². The van der Waals surface area contributed by atoms with Gasteiger partial charge in [-0.05, 0) is 35.9 Å². The standard InChI is InChI=1S/C22H24N2O4/c1-24-19-6-4-3-5-18(19)16(13-22(24)27)14-23-21(26)12-11-20(25)15-7-9-17(28-2)10-8-15/h3-10,16H,11-14H2,1-2H3,(H,23,26)/t16-/m0/s1. The van der Waals surface area contributed by atoms with Crippen molar-refractivity contribution in [2.24, 2.45) is 0 Å². The Labute approximate surface area is 164 Å². The average molecular weight is 380 g/mol. The third-order valence-electron chi connectivity index (χ3n) is 5.07. The lowest BCUT2D eigenvalue weighted by molar-refractivity contribution is -0.122. The first-order valence-corrected chi connectivity index (χ1v) is 9.29. The van der Waals surface area contributed by atoms with E-state index in [1.807, 2.05) is 24.3 Å². The molecule has 146 valence electrons. The SMILES string of the molecule is COc1ccc(C(=O)CCC(=O)NC[C@@H]2CC(=O)N(C)c3ccccc32)cc1. The van der Waals surface area contributed by atoms with Crippen LogP contribution in [0.5, 0.6) is 5.75 Å². The van der Waals surface area contributed by atoms with Crippen molar-refractivity contribution in [3.8, 4) is 5.75 Å². The lowest BCUT2D eigenvalue weighted by Gasteiger charge is -2.31. The molecule has 1 atom stereocenters. The van der Waals surface area contributed by atoms with Gasteiger partial charge in [-0.2, -0.15) is 0 Å². The summed E-state index contributed by atoms with van der Waals surface area (Å²) in [6, 6.07) is 14.6. The molecule has 2 aromatic rings. The van der Waals surface area contributed by atoms with Gasteiger partial charge < -0.3 is 15.0 Å². The van der Waals surface area contributed by atoms with Crippen LogP contribution >= 0.6 is 0 Å². The van der Waals surface area contributed by atoms with Crippen LogP contribution in [0.25, 0.3) is 0 Å². The van der Waals surface area contributed by atoms with Gasteiger partial charge in [-0.15, -0.1) is 0 Å². The van der Waals surface area contributed by atoms with Crippen LogP contribution in [0.15, 0.2) is 48.5 Å². The van der Waals surface area contributed by atoms with Gasteiger partial charge in [0.1, 0.15) is 5.75 Å². The molecule has 6 heteroatoms. The molecule has 1 heterocycles. The van der Waals surface area contributed by atoms with Crippen LogP contribution in [0.4, 0.5) is 5.69 Å². The first kappa shape index (κ1) is 19.6. The summed E-state index contributed by atoms with van der Waals surface area (Å²) >= 11 is 0. The van der Waals surface area contributed by atoms with Gasteiger partial charge in [0.2, 0.25) is 11.8 Å². The largest absolute Gasteiger partial charge is 0.497 e. The van der Waals surface area contributed by atoms with E-state index in [1.54, 1.807) is 43.3 Å². The van der Waals surface area contributed by atoms with Gasteiger partial charge >= 0.3 is 0 Å². The second kappa shape index (κ2) is 8.69. The van der Waals surface area contributed by atoms with Gasteiger partial charge in [-0.25, -0.2) is 0 Å². The number of amides is 2.